The zero-order valence-corrected chi connectivity index (χ0v) is 12.2. The summed E-state index contributed by atoms with van der Waals surface area (Å²) in [5, 5.41) is 10.1. The lowest BCUT2D eigenvalue weighted by atomic mass is 10.3. The van der Waals surface area contributed by atoms with E-state index < -0.39 is 0 Å². The summed E-state index contributed by atoms with van der Waals surface area (Å²) in [6.45, 7) is 3.93. The average molecular weight is 303 g/mol. The Kier molecular flexibility index (Phi) is 3.44. The van der Waals surface area contributed by atoms with Gasteiger partial charge >= 0.3 is 0 Å². The molecule has 0 amide bonds. The number of rotatable bonds is 4. The minimum absolute atomic E-state index is 0.0332. The molecule has 21 heavy (non-hydrogen) atoms. The number of nitrogen functional groups attached to an aromatic ring is 1. The smallest absolute Gasteiger partial charge is 0.258 e. The van der Waals surface area contributed by atoms with Crippen molar-refractivity contribution >= 4 is 23.2 Å². The predicted octanol–water partition coefficient (Wildman–Crippen LogP) is 0.973. The Morgan fingerprint density at radius 3 is 2.81 bits per heavy atom. The third kappa shape index (κ3) is 2.94. The molecule has 0 saturated heterocycles. The second-order valence-electron chi connectivity index (χ2n) is 4.35. The highest BCUT2D eigenvalue weighted by molar-refractivity contribution is 7.09. The van der Waals surface area contributed by atoms with E-state index in [2.05, 4.69) is 35.3 Å². The van der Waals surface area contributed by atoms with Crippen LogP contribution < -0.4 is 11.1 Å². The van der Waals surface area contributed by atoms with Crippen molar-refractivity contribution in [2.75, 3.05) is 11.1 Å². The van der Waals surface area contributed by atoms with E-state index in [1.54, 1.807) is 11.3 Å². The largest absolute Gasteiger partial charge is 0.368 e. The summed E-state index contributed by atoms with van der Waals surface area (Å²) in [4.78, 5) is 20.7. The van der Waals surface area contributed by atoms with E-state index in [0.717, 1.165) is 10.7 Å². The van der Waals surface area contributed by atoms with Gasteiger partial charge < -0.3 is 11.1 Å². The number of aromatic nitrogens is 7. The standard InChI is InChI=1S/C11H13N9S/c1-6-3-21-8(15-6)7(2)16-10-17-9(12)18-11(19-10)20-5-13-4-14-20/h3-5,7H,1-2H3,(H3,12,16,17,18,19). The topological polar surface area (TPSA) is 120 Å². The molecule has 10 heteroatoms. The molecule has 3 N–H and O–H groups in total. The van der Waals surface area contributed by atoms with E-state index >= 15 is 0 Å². The molecule has 3 aromatic rings. The monoisotopic (exact) mass is 303 g/mol. The van der Waals surface area contributed by atoms with E-state index in [1.807, 2.05) is 19.2 Å². The molecule has 0 radical (unpaired) electrons. The molecule has 0 aliphatic heterocycles. The van der Waals surface area contributed by atoms with Crippen LogP contribution >= 0.6 is 11.3 Å². The summed E-state index contributed by atoms with van der Waals surface area (Å²) in [6.07, 6.45) is 2.89. The molecule has 108 valence electrons. The zero-order chi connectivity index (χ0) is 14.8. The van der Waals surface area contributed by atoms with Crippen molar-refractivity contribution in [2.24, 2.45) is 0 Å². The lowest BCUT2D eigenvalue weighted by Gasteiger charge is -2.11. The van der Waals surface area contributed by atoms with Crippen LogP contribution in [-0.4, -0.2) is 34.7 Å². The maximum absolute atomic E-state index is 5.71. The number of nitrogens with zero attached hydrogens (tertiary/aromatic N) is 7. The Balaban J connectivity index is 1.85. The molecular formula is C11H13N9S. The lowest BCUT2D eigenvalue weighted by Crippen LogP contribution is -2.14. The summed E-state index contributed by atoms with van der Waals surface area (Å²) < 4.78 is 1.42. The van der Waals surface area contributed by atoms with E-state index in [-0.39, 0.29) is 12.0 Å². The van der Waals surface area contributed by atoms with Crippen molar-refractivity contribution in [3.63, 3.8) is 0 Å². The molecule has 3 aromatic heterocycles. The van der Waals surface area contributed by atoms with Crippen LogP contribution in [-0.2, 0) is 0 Å². The molecule has 0 aliphatic rings. The van der Waals surface area contributed by atoms with Gasteiger partial charge in [-0.05, 0) is 13.8 Å². The van der Waals surface area contributed by atoms with Crippen molar-refractivity contribution in [3.05, 3.63) is 28.7 Å². The number of hydrogen-bond acceptors (Lipinski definition) is 9. The summed E-state index contributed by atoms with van der Waals surface area (Å²) in [6, 6.07) is -0.0332. The molecule has 0 fully saturated rings. The molecule has 1 atom stereocenters. The molecule has 1 unspecified atom stereocenters. The number of nitrogens with two attached hydrogens (primary N) is 1. The summed E-state index contributed by atoms with van der Waals surface area (Å²) in [7, 11) is 0. The van der Waals surface area contributed by atoms with E-state index in [4.69, 9.17) is 5.73 Å². The fourth-order valence-corrected chi connectivity index (χ4v) is 2.49. The molecular weight excluding hydrogens is 290 g/mol. The van der Waals surface area contributed by atoms with Gasteiger partial charge in [0, 0.05) is 11.1 Å². The number of nitrogens with one attached hydrogen (secondary N) is 1. The van der Waals surface area contributed by atoms with E-state index in [0.29, 0.717) is 11.9 Å². The Labute approximate surface area is 124 Å². The minimum Gasteiger partial charge on any atom is -0.368 e. The molecule has 0 bridgehead atoms. The van der Waals surface area contributed by atoms with Gasteiger partial charge in [0.05, 0.1) is 6.04 Å². The summed E-state index contributed by atoms with van der Waals surface area (Å²) in [5.41, 5.74) is 6.70. The van der Waals surface area contributed by atoms with Gasteiger partial charge in [-0.3, -0.25) is 0 Å². The van der Waals surface area contributed by atoms with Crippen LogP contribution in [0.2, 0.25) is 0 Å². The highest BCUT2D eigenvalue weighted by Crippen LogP contribution is 2.21. The van der Waals surface area contributed by atoms with Crippen molar-refractivity contribution in [1.82, 2.24) is 34.7 Å². The van der Waals surface area contributed by atoms with Crippen LogP contribution in [0.25, 0.3) is 5.95 Å². The van der Waals surface area contributed by atoms with E-state index in [9.17, 15) is 0 Å². The van der Waals surface area contributed by atoms with Crippen LogP contribution in [0.1, 0.15) is 23.7 Å². The minimum atomic E-state index is -0.0332. The molecule has 0 spiro atoms. The maximum atomic E-state index is 5.71. The van der Waals surface area contributed by atoms with Gasteiger partial charge in [-0.2, -0.15) is 24.7 Å². The van der Waals surface area contributed by atoms with Crippen molar-refractivity contribution in [2.45, 2.75) is 19.9 Å². The third-order valence-corrected chi connectivity index (χ3v) is 3.76. The third-order valence-electron chi connectivity index (χ3n) is 2.62. The van der Waals surface area contributed by atoms with Crippen LogP contribution in [0, 0.1) is 6.92 Å². The Morgan fingerprint density at radius 2 is 2.14 bits per heavy atom. The number of anilines is 2. The highest BCUT2D eigenvalue weighted by Gasteiger charge is 2.13. The van der Waals surface area contributed by atoms with Gasteiger partial charge in [0.25, 0.3) is 5.95 Å². The first kappa shape index (κ1) is 13.4. The normalized spacial score (nSPS) is 12.3. The highest BCUT2D eigenvalue weighted by atomic mass is 32.1. The van der Waals surface area contributed by atoms with Crippen LogP contribution in [0.15, 0.2) is 18.0 Å². The molecule has 0 aliphatic carbocycles. The van der Waals surface area contributed by atoms with Gasteiger partial charge in [0.1, 0.15) is 17.7 Å². The number of aryl methyl sites for hydroxylation is 1. The van der Waals surface area contributed by atoms with Crippen LogP contribution in [0.3, 0.4) is 0 Å². The fourth-order valence-electron chi connectivity index (χ4n) is 1.69. The molecule has 0 aromatic carbocycles. The Morgan fingerprint density at radius 1 is 1.29 bits per heavy atom. The first-order chi connectivity index (χ1) is 10.1. The summed E-state index contributed by atoms with van der Waals surface area (Å²) in [5.74, 6) is 0.791. The van der Waals surface area contributed by atoms with Gasteiger partial charge in [-0.15, -0.1) is 11.3 Å². The molecule has 3 rings (SSSR count). The fraction of sp³-hybridized carbons (Fsp3) is 0.273. The maximum Gasteiger partial charge on any atom is 0.258 e. The van der Waals surface area contributed by atoms with Crippen LogP contribution in [0.4, 0.5) is 11.9 Å². The van der Waals surface area contributed by atoms with Crippen molar-refractivity contribution < 1.29 is 0 Å². The SMILES string of the molecule is Cc1csc(C(C)Nc2nc(N)nc(-n3cncn3)n2)n1. The van der Waals surface area contributed by atoms with Gasteiger partial charge in [-0.1, -0.05) is 0 Å². The predicted molar refractivity (Wildman–Crippen MR) is 78.0 cm³/mol. The van der Waals surface area contributed by atoms with Crippen molar-refractivity contribution in [1.29, 1.82) is 0 Å². The van der Waals surface area contributed by atoms with Crippen LogP contribution in [0.5, 0.6) is 0 Å². The van der Waals surface area contributed by atoms with E-state index in [1.165, 1.54) is 17.3 Å². The number of hydrogen-bond donors (Lipinski definition) is 2. The molecule has 9 nitrogen and oxygen atoms in total. The zero-order valence-electron chi connectivity index (χ0n) is 11.4. The molecule has 0 saturated carbocycles. The first-order valence-electron chi connectivity index (χ1n) is 6.17. The van der Waals surface area contributed by atoms with Crippen molar-refractivity contribution in [3.8, 4) is 5.95 Å². The Bertz CT molecular complexity index is 736. The summed E-state index contributed by atoms with van der Waals surface area (Å²) >= 11 is 1.58. The lowest BCUT2D eigenvalue weighted by molar-refractivity contribution is 0.783. The van der Waals surface area contributed by atoms with Gasteiger partial charge in [-0.25, -0.2) is 9.97 Å². The second-order valence-corrected chi connectivity index (χ2v) is 5.24. The van der Waals surface area contributed by atoms with Gasteiger partial charge in [0.2, 0.25) is 11.9 Å². The number of thiazole rings is 1. The second kappa shape index (κ2) is 5.40. The molecule has 3 heterocycles. The average Bonchev–Trinajstić information content (AvgIpc) is 3.08. The van der Waals surface area contributed by atoms with Gasteiger partial charge in [0.15, 0.2) is 0 Å². The Hall–Kier alpha value is -2.62. The quantitative estimate of drug-likeness (QED) is 0.731. The first-order valence-corrected chi connectivity index (χ1v) is 7.05.